The molecule has 1 fully saturated rings. The molecule has 0 radical (unpaired) electrons. The number of nitrogens with one attached hydrogen (secondary N) is 1. The van der Waals surface area contributed by atoms with Gasteiger partial charge in [-0.3, -0.25) is 0 Å². The summed E-state index contributed by atoms with van der Waals surface area (Å²) in [5, 5.41) is 8.09. The molecule has 3 heterocycles. The molecule has 46 heavy (non-hydrogen) atoms. The Bertz CT molecular complexity index is 1490. The number of anilines is 1. The van der Waals surface area contributed by atoms with Crippen LogP contribution < -0.4 is 15.0 Å². The number of amides is 1. The first-order valence-corrected chi connectivity index (χ1v) is 19.5. The Hall–Kier alpha value is -2.86. The summed E-state index contributed by atoms with van der Waals surface area (Å²) in [6, 6.07) is 7.75. The molecule has 1 atom stereocenters. The highest BCUT2D eigenvalue weighted by Crippen LogP contribution is 2.38. The van der Waals surface area contributed by atoms with Crippen molar-refractivity contribution >= 4 is 37.5 Å². The van der Waals surface area contributed by atoms with Gasteiger partial charge in [0.2, 0.25) is 0 Å². The van der Waals surface area contributed by atoms with Gasteiger partial charge in [0.05, 0.1) is 37.8 Å². The van der Waals surface area contributed by atoms with E-state index in [1.165, 1.54) is 0 Å². The summed E-state index contributed by atoms with van der Waals surface area (Å²) >= 11 is 6.68. The Morgan fingerprint density at radius 2 is 1.78 bits per heavy atom. The number of halogens is 1. The van der Waals surface area contributed by atoms with Crippen LogP contribution in [-0.2, 0) is 13.9 Å². The summed E-state index contributed by atoms with van der Waals surface area (Å²) in [6.07, 6.45) is 1.68. The first-order valence-electron chi connectivity index (χ1n) is 16.2. The molecule has 254 valence electrons. The fourth-order valence-electron chi connectivity index (χ4n) is 4.92. The van der Waals surface area contributed by atoms with Gasteiger partial charge in [-0.1, -0.05) is 46.2 Å². The summed E-state index contributed by atoms with van der Waals surface area (Å²) < 4.78 is 26.2. The molecule has 0 saturated carbocycles. The summed E-state index contributed by atoms with van der Waals surface area (Å²) in [5.41, 5.74) is 3.17. The van der Waals surface area contributed by atoms with Crippen molar-refractivity contribution in [2.24, 2.45) is 0 Å². The maximum atomic E-state index is 12.3. The lowest BCUT2D eigenvalue weighted by molar-refractivity contribution is 0.0766. The topological polar surface area (TPSA) is 99.5 Å². The molecule has 1 saturated heterocycles. The van der Waals surface area contributed by atoms with Gasteiger partial charge in [-0.2, -0.15) is 9.61 Å². The first kappa shape index (κ1) is 36.0. The molecule has 1 aliphatic rings. The Morgan fingerprint density at radius 1 is 1.09 bits per heavy atom. The number of carbonyl (C=O) groups excluding carboxylic acids is 1. The number of alkyl carbamates (subject to hydrolysis) is 1. The molecular weight excluding hydrogens is 622 g/mol. The van der Waals surface area contributed by atoms with Gasteiger partial charge in [-0.25, -0.2) is 9.78 Å². The van der Waals surface area contributed by atoms with Crippen molar-refractivity contribution in [3.05, 3.63) is 41.0 Å². The summed E-state index contributed by atoms with van der Waals surface area (Å²) in [5.74, 6) is 1.85. The molecule has 1 aromatic carbocycles. The smallest absolute Gasteiger partial charge is 0.407 e. The predicted octanol–water partition coefficient (Wildman–Crippen LogP) is 7.69. The van der Waals surface area contributed by atoms with E-state index in [2.05, 4.69) is 64.0 Å². The normalized spacial score (nSPS) is 15.3. The molecule has 1 N–H and O–H groups in total. The number of carbonyl (C=O) groups is 1. The van der Waals surface area contributed by atoms with Crippen LogP contribution in [-0.4, -0.2) is 80.2 Å². The summed E-state index contributed by atoms with van der Waals surface area (Å²) in [7, 11) is -2.15. The Labute approximate surface area is 280 Å². The molecule has 3 aromatic rings. The number of fused-ring (bicyclic) bond motifs is 1. The van der Waals surface area contributed by atoms with Crippen LogP contribution in [0.25, 0.3) is 16.9 Å². The van der Waals surface area contributed by atoms with Crippen LogP contribution in [0.15, 0.2) is 30.5 Å². The van der Waals surface area contributed by atoms with Gasteiger partial charge < -0.3 is 28.9 Å². The number of benzene rings is 1. The van der Waals surface area contributed by atoms with Crippen LogP contribution in [0.1, 0.15) is 73.3 Å². The third-order valence-electron chi connectivity index (χ3n) is 8.46. The van der Waals surface area contributed by atoms with Crippen LogP contribution in [0.5, 0.6) is 5.75 Å². The van der Waals surface area contributed by atoms with Crippen molar-refractivity contribution in [2.75, 3.05) is 44.4 Å². The minimum absolute atomic E-state index is 0.00392. The van der Waals surface area contributed by atoms with Crippen LogP contribution >= 0.6 is 11.6 Å². The number of morpholine rings is 1. The van der Waals surface area contributed by atoms with Gasteiger partial charge in [-0.15, -0.1) is 0 Å². The Kier molecular flexibility index (Phi) is 11.3. The molecule has 1 unspecified atom stereocenters. The van der Waals surface area contributed by atoms with Crippen LogP contribution in [0.3, 0.4) is 0 Å². The standard InChI is InChI=1S/C34H52ClN5O5Si/c1-23(2)28-21-36-40-30(39-12-15-42-16-13-39)20-29(37-31(28)40)24-17-25(35)19-27(18-24)44-22-26(45-46(9,10)34(6,7)8)11-14-43-32(41)38-33(3,4)5/h17-21,23,26H,11-16,22H2,1-10H3,(H,38,41). The lowest BCUT2D eigenvalue weighted by Gasteiger charge is -2.39. The maximum absolute atomic E-state index is 12.3. The molecule has 4 rings (SSSR count). The van der Waals surface area contributed by atoms with E-state index >= 15 is 0 Å². The third kappa shape index (κ3) is 9.36. The molecule has 0 bridgehead atoms. The van der Waals surface area contributed by atoms with Gasteiger partial charge in [0.15, 0.2) is 14.0 Å². The monoisotopic (exact) mass is 673 g/mol. The predicted molar refractivity (Wildman–Crippen MR) is 187 cm³/mol. The number of aromatic nitrogens is 3. The number of nitrogens with zero attached hydrogens (tertiary/aromatic N) is 4. The van der Waals surface area contributed by atoms with Gasteiger partial charge >= 0.3 is 6.09 Å². The second-order valence-electron chi connectivity index (χ2n) is 14.9. The van der Waals surface area contributed by atoms with Crippen molar-refractivity contribution in [2.45, 2.75) is 97.5 Å². The van der Waals surface area contributed by atoms with Crippen LogP contribution in [0.4, 0.5) is 10.6 Å². The minimum Gasteiger partial charge on any atom is -0.491 e. The van der Waals surface area contributed by atoms with E-state index in [1.807, 2.05) is 49.7 Å². The fraction of sp³-hybridized carbons (Fsp3) is 0.618. The Balaban J connectivity index is 1.59. The lowest BCUT2D eigenvalue weighted by Crippen LogP contribution is -2.46. The fourth-order valence-corrected chi connectivity index (χ4v) is 6.51. The summed E-state index contributed by atoms with van der Waals surface area (Å²) in [4.78, 5) is 19.6. The highest BCUT2D eigenvalue weighted by Gasteiger charge is 2.39. The first-order chi connectivity index (χ1) is 21.4. The van der Waals surface area contributed by atoms with Gasteiger partial charge in [-0.05, 0) is 63.0 Å². The van der Waals surface area contributed by atoms with Gasteiger partial charge in [0, 0.05) is 47.3 Å². The number of ether oxygens (including phenoxy) is 3. The number of hydrogen-bond acceptors (Lipinski definition) is 8. The second kappa shape index (κ2) is 14.5. The van der Waals surface area contributed by atoms with Crippen molar-refractivity contribution in [1.29, 1.82) is 0 Å². The molecular formula is C34H52ClN5O5Si. The zero-order chi connectivity index (χ0) is 33.9. The zero-order valence-electron chi connectivity index (χ0n) is 29.2. The number of rotatable bonds is 11. The van der Waals surface area contributed by atoms with E-state index in [0.29, 0.717) is 30.4 Å². The lowest BCUT2D eigenvalue weighted by atomic mass is 10.1. The van der Waals surface area contributed by atoms with Crippen molar-refractivity contribution in [1.82, 2.24) is 19.9 Å². The quantitative estimate of drug-likeness (QED) is 0.207. The molecule has 1 amide bonds. The molecule has 0 spiro atoms. The van der Waals surface area contributed by atoms with Crippen molar-refractivity contribution in [3.63, 3.8) is 0 Å². The minimum atomic E-state index is -2.15. The Morgan fingerprint density at radius 3 is 2.41 bits per heavy atom. The van der Waals surface area contributed by atoms with E-state index < -0.39 is 14.4 Å². The molecule has 1 aliphatic heterocycles. The van der Waals surface area contributed by atoms with Crippen LogP contribution in [0.2, 0.25) is 23.2 Å². The average molecular weight is 674 g/mol. The molecule has 10 nitrogen and oxygen atoms in total. The van der Waals surface area contributed by atoms with Gasteiger partial charge in [0.1, 0.15) is 18.2 Å². The second-order valence-corrected chi connectivity index (χ2v) is 20.1. The average Bonchev–Trinajstić information content (AvgIpc) is 3.38. The van der Waals surface area contributed by atoms with E-state index in [-0.39, 0.29) is 35.8 Å². The number of hydrogen-bond donors (Lipinski definition) is 1. The molecule has 12 heteroatoms. The van der Waals surface area contributed by atoms with E-state index in [0.717, 1.165) is 41.4 Å². The molecule has 0 aliphatic carbocycles. The maximum Gasteiger partial charge on any atom is 0.407 e. The summed E-state index contributed by atoms with van der Waals surface area (Å²) in [6.45, 7) is 24.4. The zero-order valence-corrected chi connectivity index (χ0v) is 31.0. The molecule has 2 aromatic heterocycles. The van der Waals surface area contributed by atoms with Crippen molar-refractivity contribution < 1.29 is 23.4 Å². The van der Waals surface area contributed by atoms with E-state index in [1.54, 1.807) is 0 Å². The highest BCUT2D eigenvalue weighted by molar-refractivity contribution is 6.74. The largest absolute Gasteiger partial charge is 0.491 e. The van der Waals surface area contributed by atoms with Crippen LogP contribution in [0, 0.1) is 0 Å². The van der Waals surface area contributed by atoms with E-state index in [4.69, 9.17) is 40.3 Å². The van der Waals surface area contributed by atoms with E-state index in [9.17, 15) is 4.79 Å². The van der Waals surface area contributed by atoms with Crippen molar-refractivity contribution in [3.8, 4) is 17.0 Å². The SMILES string of the molecule is CC(C)c1cnn2c(N3CCOCC3)cc(-c3cc(Cl)cc(OCC(CCOC(=O)NC(C)(C)C)O[Si](C)(C)C(C)(C)C)c3)nc12. The van der Waals surface area contributed by atoms with Gasteiger partial charge in [0.25, 0.3) is 0 Å². The third-order valence-corrected chi connectivity index (χ3v) is 13.2. The highest BCUT2D eigenvalue weighted by atomic mass is 35.5.